The fourth-order valence-corrected chi connectivity index (χ4v) is 1.36. The third-order valence-electron chi connectivity index (χ3n) is 2.28. The number of hydrogen-bond donors (Lipinski definition) is 0. The van der Waals surface area contributed by atoms with Crippen molar-refractivity contribution < 1.29 is 19.1 Å². The van der Waals surface area contributed by atoms with Gasteiger partial charge in [-0.1, -0.05) is 57.5 Å². The Morgan fingerprint density at radius 3 is 1.50 bits per heavy atom. The molecule has 0 amide bonds. The van der Waals surface area contributed by atoms with Gasteiger partial charge in [0, 0.05) is 0 Å². The van der Waals surface area contributed by atoms with Crippen LogP contribution in [-0.4, -0.2) is 26.2 Å². The lowest BCUT2D eigenvalue weighted by Crippen LogP contribution is -2.24. The van der Waals surface area contributed by atoms with Gasteiger partial charge in [-0.25, -0.2) is 0 Å². The van der Waals surface area contributed by atoms with Crippen molar-refractivity contribution >= 4 is 11.9 Å². The fraction of sp³-hybridized carbons (Fsp3) is 0.500. The van der Waals surface area contributed by atoms with Crippen LogP contribution in [0.4, 0.5) is 0 Å². The first-order chi connectivity index (χ1) is 9.60. The van der Waals surface area contributed by atoms with E-state index in [4.69, 9.17) is 0 Å². The highest BCUT2D eigenvalue weighted by Crippen LogP contribution is 2.19. The third kappa shape index (κ3) is 6.36. The molecule has 20 heavy (non-hydrogen) atoms. The van der Waals surface area contributed by atoms with Crippen molar-refractivity contribution in [2.45, 2.75) is 40.5 Å². The Kier molecular flexibility index (Phi) is 12.5. The molecule has 0 unspecified atom stereocenters. The van der Waals surface area contributed by atoms with Gasteiger partial charge in [-0.3, -0.25) is 9.59 Å². The third-order valence-corrected chi connectivity index (χ3v) is 2.28. The lowest BCUT2D eigenvalue weighted by Gasteiger charge is -2.12. The van der Waals surface area contributed by atoms with E-state index in [0.717, 1.165) is 5.56 Å². The van der Waals surface area contributed by atoms with Gasteiger partial charge in [-0.05, 0) is 12.5 Å². The van der Waals surface area contributed by atoms with Gasteiger partial charge in [0.25, 0.3) is 0 Å². The van der Waals surface area contributed by atoms with E-state index < -0.39 is 17.9 Å². The molecule has 0 aliphatic heterocycles. The van der Waals surface area contributed by atoms with Crippen LogP contribution < -0.4 is 0 Å². The zero-order chi connectivity index (χ0) is 16.1. The lowest BCUT2D eigenvalue weighted by atomic mass is 9.98. The van der Waals surface area contributed by atoms with Crippen LogP contribution in [0.2, 0.25) is 0 Å². The second kappa shape index (κ2) is 12.2. The standard InChI is InChI=1S/C12H14O4.2C2H6/c1-8-4-6-9(7-5-8)10(11(13)15-2)12(14)16-3;2*1-2/h4-7,10H,1-3H3;2*1-2H3. The Hall–Kier alpha value is -1.84. The van der Waals surface area contributed by atoms with E-state index in [0.29, 0.717) is 5.56 Å². The first kappa shape index (κ1) is 20.5. The normalized spacial score (nSPS) is 8.60. The average molecular weight is 282 g/mol. The van der Waals surface area contributed by atoms with Crippen molar-refractivity contribution in [3.63, 3.8) is 0 Å². The van der Waals surface area contributed by atoms with Crippen LogP contribution in [0, 0.1) is 6.92 Å². The SMILES string of the molecule is CC.CC.COC(=O)C(C(=O)OC)c1ccc(C)cc1. The monoisotopic (exact) mass is 282 g/mol. The van der Waals surface area contributed by atoms with Crippen molar-refractivity contribution in [2.24, 2.45) is 0 Å². The Balaban J connectivity index is 0. The summed E-state index contributed by atoms with van der Waals surface area (Å²) in [6.45, 7) is 9.93. The van der Waals surface area contributed by atoms with Crippen LogP contribution in [0.3, 0.4) is 0 Å². The molecule has 0 saturated carbocycles. The smallest absolute Gasteiger partial charge is 0.324 e. The number of ether oxygens (including phenoxy) is 2. The summed E-state index contributed by atoms with van der Waals surface area (Å²) in [5, 5.41) is 0. The van der Waals surface area contributed by atoms with Crippen molar-refractivity contribution in [2.75, 3.05) is 14.2 Å². The topological polar surface area (TPSA) is 52.6 Å². The van der Waals surface area contributed by atoms with Gasteiger partial charge in [-0.2, -0.15) is 0 Å². The summed E-state index contributed by atoms with van der Waals surface area (Å²) in [4.78, 5) is 22.9. The first-order valence-electron chi connectivity index (χ1n) is 6.82. The molecule has 0 spiro atoms. The molecule has 0 aromatic heterocycles. The van der Waals surface area contributed by atoms with Crippen LogP contribution in [0.15, 0.2) is 24.3 Å². The van der Waals surface area contributed by atoms with Gasteiger partial charge in [0.2, 0.25) is 0 Å². The van der Waals surface area contributed by atoms with Gasteiger partial charge in [0.15, 0.2) is 5.92 Å². The number of aryl methyl sites for hydroxylation is 1. The summed E-state index contributed by atoms with van der Waals surface area (Å²) in [5.74, 6) is -2.23. The molecular formula is C16H26O4. The van der Waals surface area contributed by atoms with Crippen LogP contribution in [-0.2, 0) is 19.1 Å². The highest BCUT2D eigenvalue weighted by atomic mass is 16.5. The number of esters is 2. The summed E-state index contributed by atoms with van der Waals surface area (Å²) in [6.07, 6.45) is 0. The molecule has 0 bridgehead atoms. The molecule has 0 aliphatic carbocycles. The summed E-state index contributed by atoms with van der Waals surface area (Å²) < 4.78 is 9.16. The molecule has 1 aromatic rings. The molecule has 4 heteroatoms. The average Bonchev–Trinajstić information content (AvgIpc) is 2.52. The maximum atomic E-state index is 11.5. The van der Waals surface area contributed by atoms with E-state index in [9.17, 15) is 9.59 Å². The number of carbonyl (C=O) groups excluding carboxylic acids is 2. The number of carbonyl (C=O) groups is 2. The van der Waals surface area contributed by atoms with Gasteiger partial charge in [0.05, 0.1) is 14.2 Å². The van der Waals surface area contributed by atoms with E-state index in [1.165, 1.54) is 14.2 Å². The number of rotatable bonds is 3. The molecule has 0 fully saturated rings. The van der Waals surface area contributed by atoms with Crippen LogP contribution in [0.25, 0.3) is 0 Å². The predicted molar refractivity (Wildman–Crippen MR) is 80.6 cm³/mol. The lowest BCUT2D eigenvalue weighted by molar-refractivity contribution is -0.154. The molecule has 4 nitrogen and oxygen atoms in total. The minimum atomic E-state index is -1.00. The maximum Gasteiger partial charge on any atom is 0.324 e. The van der Waals surface area contributed by atoms with Crippen LogP contribution in [0.5, 0.6) is 0 Å². The Morgan fingerprint density at radius 1 is 0.850 bits per heavy atom. The van der Waals surface area contributed by atoms with E-state index in [1.807, 2.05) is 46.8 Å². The van der Waals surface area contributed by atoms with Crippen molar-refractivity contribution in [1.29, 1.82) is 0 Å². The predicted octanol–water partition coefficient (Wildman–Crippen LogP) is 3.48. The molecule has 0 radical (unpaired) electrons. The number of hydrogen-bond acceptors (Lipinski definition) is 4. The van der Waals surface area contributed by atoms with Crippen molar-refractivity contribution in [3.8, 4) is 0 Å². The molecule has 1 rings (SSSR count). The quantitative estimate of drug-likeness (QED) is 0.629. The number of methoxy groups -OCH3 is 2. The van der Waals surface area contributed by atoms with E-state index in [2.05, 4.69) is 9.47 Å². The van der Waals surface area contributed by atoms with Crippen LogP contribution >= 0.6 is 0 Å². The fourth-order valence-electron chi connectivity index (χ4n) is 1.36. The molecule has 0 saturated heterocycles. The van der Waals surface area contributed by atoms with E-state index in [1.54, 1.807) is 12.1 Å². The summed E-state index contributed by atoms with van der Waals surface area (Å²) in [5.41, 5.74) is 1.63. The molecule has 0 N–H and O–H groups in total. The Bertz CT molecular complexity index is 366. The molecular weight excluding hydrogens is 256 g/mol. The number of benzene rings is 1. The molecule has 114 valence electrons. The second-order valence-electron chi connectivity index (χ2n) is 3.39. The van der Waals surface area contributed by atoms with Crippen molar-refractivity contribution in [3.05, 3.63) is 35.4 Å². The van der Waals surface area contributed by atoms with E-state index in [-0.39, 0.29) is 0 Å². The zero-order valence-electron chi connectivity index (χ0n) is 13.5. The molecule has 0 atom stereocenters. The van der Waals surface area contributed by atoms with Gasteiger partial charge in [0.1, 0.15) is 0 Å². The summed E-state index contributed by atoms with van der Waals surface area (Å²) >= 11 is 0. The van der Waals surface area contributed by atoms with Gasteiger partial charge >= 0.3 is 11.9 Å². The van der Waals surface area contributed by atoms with Gasteiger partial charge in [-0.15, -0.1) is 0 Å². The highest BCUT2D eigenvalue weighted by Gasteiger charge is 2.30. The molecule has 0 aliphatic rings. The minimum Gasteiger partial charge on any atom is -0.468 e. The van der Waals surface area contributed by atoms with Gasteiger partial charge < -0.3 is 9.47 Å². The summed E-state index contributed by atoms with van der Waals surface area (Å²) in [7, 11) is 2.49. The zero-order valence-corrected chi connectivity index (χ0v) is 13.5. The minimum absolute atomic E-state index is 0.573. The first-order valence-corrected chi connectivity index (χ1v) is 6.82. The second-order valence-corrected chi connectivity index (χ2v) is 3.39. The molecule has 0 heterocycles. The molecule has 1 aromatic carbocycles. The largest absolute Gasteiger partial charge is 0.468 e. The Labute approximate surface area is 122 Å². The van der Waals surface area contributed by atoms with E-state index >= 15 is 0 Å². The van der Waals surface area contributed by atoms with Crippen molar-refractivity contribution in [1.82, 2.24) is 0 Å². The maximum absolute atomic E-state index is 11.5. The Morgan fingerprint density at radius 2 is 1.20 bits per heavy atom. The van der Waals surface area contributed by atoms with Crippen LogP contribution in [0.1, 0.15) is 44.7 Å². The highest BCUT2D eigenvalue weighted by molar-refractivity contribution is 6.00. The summed E-state index contributed by atoms with van der Waals surface area (Å²) in [6, 6.07) is 7.09.